The number of aromatic nitrogens is 1. The highest BCUT2D eigenvalue weighted by Crippen LogP contribution is 2.19. The van der Waals surface area contributed by atoms with Gasteiger partial charge in [0.25, 0.3) is 5.91 Å². The topological polar surface area (TPSA) is 42.4 Å². The van der Waals surface area contributed by atoms with Crippen LogP contribution in [-0.2, 0) is 0 Å². The lowest BCUT2D eigenvalue weighted by Gasteiger charge is -2.38. The van der Waals surface area contributed by atoms with Crippen molar-refractivity contribution in [2.24, 2.45) is 0 Å². The van der Waals surface area contributed by atoms with Crippen LogP contribution in [-0.4, -0.2) is 35.0 Å². The lowest BCUT2D eigenvalue weighted by molar-refractivity contribution is 0.0176. The zero-order chi connectivity index (χ0) is 13.9. The molecule has 1 saturated heterocycles. The molecule has 0 radical (unpaired) electrons. The third-order valence-corrected chi connectivity index (χ3v) is 3.42. The molecule has 0 saturated carbocycles. The van der Waals surface area contributed by atoms with Crippen molar-refractivity contribution in [3.63, 3.8) is 0 Å². The number of benzene rings is 1. The largest absolute Gasteiger partial charge is 0.485 e. The van der Waals surface area contributed by atoms with Crippen LogP contribution < -0.4 is 4.74 Å². The van der Waals surface area contributed by atoms with Gasteiger partial charge in [0.15, 0.2) is 0 Å². The molecule has 2 aromatic rings. The average molecular weight is 289 g/mol. The van der Waals surface area contributed by atoms with E-state index in [0.29, 0.717) is 23.7 Å². The minimum atomic E-state index is 0.00713. The summed E-state index contributed by atoms with van der Waals surface area (Å²) in [4.78, 5) is 17.9. The average Bonchev–Trinajstić information content (AvgIpc) is 2.44. The maximum Gasteiger partial charge on any atom is 0.254 e. The molecule has 1 amide bonds. The molecule has 1 aromatic carbocycles. The van der Waals surface area contributed by atoms with Gasteiger partial charge in [0, 0.05) is 16.8 Å². The first-order chi connectivity index (χ1) is 9.72. The first-order valence-electron chi connectivity index (χ1n) is 6.34. The standard InChI is InChI=1S/C15H13ClN2O2/c16-12-5-3-11(4-6-12)15(19)18-9-14(10-18)20-13-2-1-7-17-8-13/h1-8,14H,9-10H2. The monoisotopic (exact) mass is 288 g/mol. The van der Waals surface area contributed by atoms with Crippen molar-refractivity contribution < 1.29 is 9.53 Å². The van der Waals surface area contributed by atoms with E-state index >= 15 is 0 Å². The second kappa shape index (κ2) is 5.51. The molecule has 20 heavy (non-hydrogen) atoms. The van der Waals surface area contributed by atoms with Crippen molar-refractivity contribution in [1.82, 2.24) is 9.88 Å². The third kappa shape index (κ3) is 2.75. The summed E-state index contributed by atoms with van der Waals surface area (Å²) in [7, 11) is 0. The van der Waals surface area contributed by atoms with Gasteiger partial charge in [-0.3, -0.25) is 9.78 Å². The van der Waals surface area contributed by atoms with Gasteiger partial charge in [-0.1, -0.05) is 11.6 Å². The van der Waals surface area contributed by atoms with E-state index in [1.807, 2.05) is 12.1 Å². The van der Waals surface area contributed by atoms with Crippen molar-refractivity contribution in [3.05, 3.63) is 59.4 Å². The van der Waals surface area contributed by atoms with Gasteiger partial charge in [-0.15, -0.1) is 0 Å². The van der Waals surface area contributed by atoms with Gasteiger partial charge in [-0.25, -0.2) is 0 Å². The van der Waals surface area contributed by atoms with Gasteiger partial charge < -0.3 is 9.64 Å². The van der Waals surface area contributed by atoms with Crippen LogP contribution in [0.5, 0.6) is 5.75 Å². The first-order valence-corrected chi connectivity index (χ1v) is 6.72. The minimum absolute atomic E-state index is 0.00713. The number of pyridine rings is 1. The number of carbonyl (C=O) groups is 1. The molecule has 3 rings (SSSR count). The fourth-order valence-electron chi connectivity index (χ4n) is 2.06. The molecule has 2 heterocycles. The van der Waals surface area contributed by atoms with Crippen LogP contribution in [0.2, 0.25) is 5.02 Å². The van der Waals surface area contributed by atoms with E-state index in [9.17, 15) is 4.79 Å². The smallest absolute Gasteiger partial charge is 0.254 e. The molecule has 0 spiro atoms. The van der Waals surface area contributed by atoms with Crippen molar-refractivity contribution in [3.8, 4) is 5.75 Å². The molecule has 1 aliphatic rings. The SMILES string of the molecule is O=C(c1ccc(Cl)cc1)N1CC(Oc2cccnc2)C1. The Bertz CT molecular complexity index is 595. The van der Waals surface area contributed by atoms with Gasteiger partial charge in [-0.2, -0.15) is 0 Å². The highest BCUT2D eigenvalue weighted by molar-refractivity contribution is 6.30. The molecule has 1 aromatic heterocycles. The van der Waals surface area contributed by atoms with Gasteiger partial charge in [0.05, 0.1) is 19.3 Å². The maximum absolute atomic E-state index is 12.2. The van der Waals surface area contributed by atoms with Crippen molar-refractivity contribution in [2.75, 3.05) is 13.1 Å². The van der Waals surface area contributed by atoms with E-state index in [1.54, 1.807) is 41.6 Å². The molecule has 1 aliphatic heterocycles. The highest BCUT2D eigenvalue weighted by atomic mass is 35.5. The summed E-state index contributed by atoms with van der Waals surface area (Å²) in [6.45, 7) is 1.19. The number of halogens is 1. The zero-order valence-corrected chi connectivity index (χ0v) is 11.5. The van der Waals surface area contributed by atoms with Crippen LogP contribution in [0.15, 0.2) is 48.8 Å². The molecular weight excluding hydrogens is 276 g/mol. The summed E-state index contributed by atoms with van der Waals surface area (Å²) in [6, 6.07) is 10.6. The van der Waals surface area contributed by atoms with E-state index in [2.05, 4.69) is 4.98 Å². The molecule has 4 nitrogen and oxygen atoms in total. The lowest BCUT2D eigenvalue weighted by Crippen LogP contribution is -2.56. The van der Waals surface area contributed by atoms with Crippen LogP contribution in [0.4, 0.5) is 0 Å². The van der Waals surface area contributed by atoms with Gasteiger partial charge >= 0.3 is 0 Å². The molecule has 0 atom stereocenters. The first kappa shape index (κ1) is 12.9. The third-order valence-electron chi connectivity index (χ3n) is 3.16. The number of amides is 1. The van der Waals surface area contributed by atoms with Crippen LogP contribution in [0.25, 0.3) is 0 Å². The second-order valence-electron chi connectivity index (χ2n) is 4.65. The van der Waals surface area contributed by atoms with Crippen LogP contribution in [0.3, 0.4) is 0 Å². The Morgan fingerprint density at radius 3 is 2.65 bits per heavy atom. The summed E-state index contributed by atoms with van der Waals surface area (Å²) in [6.07, 6.45) is 3.41. The van der Waals surface area contributed by atoms with Crippen molar-refractivity contribution in [1.29, 1.82) is 0 Å². The summed E-state index contributed by atoms with van der Waals surface area (Å²) in [5.41, 5.74) is 0.647. The molecule has 0 aliphatic carbocycles. The lowest BCUT2D eigenvalue weighted by atomic mass is 10.1. The van der Waals surface area contributed by atoms with Gasteiger partial charge in [0.2, 0.25) is 0 Å². The van der Waals surface area contributed by atoms with Crippen molar-refractivity contribution in [2.45, 2.75) is 6.10 Å². The Hall–Kier alpha value is -2.07. The minimum Gasteiger partial charge on any atom is -0.485 e. The molecule has 0 N–H and O–H groups in total. The van der Waals surface area contributed by atoms with E-state index in [4.69, 9.17) is 16.3 Å². The van der Waals surface area contributed by atoms with E-state index in [1.165, 1.54) is 0 Å². The molecule has 0 bridgehead atoms. The number of carbonyl (C=O) groups excluding carboxylic acids is 1. The van der Waals surface area contributed by atoms with Crippen molar-refractivity contribution >= 4 is 17.5 Å². The molecule has 1 fully saturated rings. The van der Waals surface area contributed by atoms with Crippen LogP contribution in [0, 0.1) is 0 Å². The number of nitrogens with zero attached hydrogens (tertiary/aromatic N) is 2. The Labute approximate surface area is 122 Å². The summed E-state index contributed by atoms with van der Waals surface area (Å²) in [5, 5.41) is 0.628. The maximum atomic E-state index is 12.2. The fraction of sp³-hybridized carbons (Fsp3) is 0.200. The summed E-state index contributed by atoms with van der Waals surface area (Å²) >= 11 is 5.81. The Morgan fingerprint density at radius 2 is 2.00 bits per heavy atom. The number of rotatable bonds is 3. The Morgan fingerprint density at radius 1 is 1.25 bits per heavy atom. The number of hydrogen-bond donors (Lipinski definition) is 0. The normalized spacial score (nSPS) is 14.8. The summed E-state index contributed by atoms with van der Waals surface area (Å²) in [5.74, 6) is 0.740. The van der Waals surface area contributed by atoms with E-state index in [0.717, 1.165) is 5.75 Å². The van der Waals surface area contributed by atoms with Gasteiger partial charge in [0.1, 0.15) is 11.9 Å². The second-order valence-corrected chi connectivity index (χ2v) is 5.08. The number of likely N-dealkylation sites (tertiary alicyclic amines) is 1. The predicted molar refractivity (Wildman–Crippen MR) is 76.0 cm³/mol. The zero-order valence-electron chi connectivity index (χ0n) is 10.7. The van der Waals surface area contributed by atoms with Crippen LogP contribution >= 0.6 is 11.6 Å². The molecular formula is C15H13ClN2O2. The highest BCUT2D eigenvalue weighted by Gasteiger charge is 2.32. The van der Waals surface area contributed by atoms with Crippen LogP contribution in [0.1, 0.15) is 10.4 Å². The molecule has 5 heteroatoms. The molecule has 0 unspecified atom stereocenters. The van der Waals surface area contributed by atoms with E-state index in [-0.39, 0.29) is 12.0 Å². The number of hydrogen-bond acceptors (Lipinski definition) is 3. The number of ether oxygens (including phenoxy) is 1. The van der Waals surface area contributed by atoms with Gasteiger partial charge in [-0.05, 0) is 36.4 Å². The fourth-order valence-corrected chi connectivity index (χ4v) is 2.19. The quantitative estimate of drug-likeness (QED) is 0.872. The Balaban J connectivity index is 1.55. The van der Waals surface area contributed by atoms with E-state index < -0.39 is 0 Å². The Kier molecular flexibility index (Phi) is 3.56. The predicted octanol–water partition coefficient (Wildman–Crippen LogP) is 2.64. The summed E-state index contributed by atoms with van der Waals surface area (Å²) < 4.78 is 5.71. The molecule has 102 valence electrons.